The van der Waals surface area contributed by atoms with Crippen LogP contribution >= 0.6 is 0 Å². The predicted octanol–water partition coefficient (Wildman–Crippen LogP) is 1.80. The van der Waals surface area contributed by atoms with E-state index in [1.54, 1.807) is 11.9 Å². The molecule has 0 aliphatic carbocycles. The fourth-order valence-corrected chi connectivity index (χ4v) is 2.15. The predicted molar refractivity (Wildman–Crippen MR) is 98.5 cm³/mol. The number of anilines is 1. The molecule has 1 atom stereocenters. The number of likely N-dealkylation sites (N-methyl/N-ethyl adjacent to an activating group) is 1. The third-order valence-corrected chi connectivity index (χ3v) is 3.95. The van der Waals surface area contributed by atoms with Crippen LogP contribution in [0.25, 0.3) is 0 Å². The van der Waals surface area contributed by atoms with E-state index in [0.29, 0.717) is 0 Å². The van der Waals surface area contributed by atoms with Gasteiger partial charge in [0.1, 0.15) is 0 Å². The molecule has 0 saturated heterocycles. The minimum absolute atomic E-state index is 0.00567. The van der Waals surface area contributed by atoms with Crippen molar-refractivity contribution in [1.82, 2.24) is 15.5 Å². The van der Waals surface area contributed by atoms with Crippen LogP contribution < -0.4 is 16.0 Å². The number of amides is 4. The molecule has 0 spiro atoms. The average molecular weight is 348 g/mol. The van der Waals surface area contributed by atoms with Crippen molar-refractivity contribution in [2.75, 3.05) is 25.5 Å². The van der Waals surface area contributed by atoms with Gasteiger partial charge in [-0.3, -0.25) is 19.8 Å². The Hall–Kier alpha value is -2.41. The molecule has 1 rings (SSSR count). The first-order chi connectivity index (χ1) is 11.7. The van der Waals surface area contributed by atoms with Crippen molar-refractivity contribution in [3.05, 3.63) is 29.3 Å². The average Bonchev–Trinajstić information content (AvgIpc) is 2.50. The third-order valence-electron chi connectivity index (χ3n) is 3.95. The molecule has 0 fully saturated rings. The summed E-state index contributed by atoms with van der Waals surface area (Å²) < 4.78 is 0. The van der Waals surface area contributed by atoms with Crippen molar-refractivity contribution in [1.29, 1.82) is 0 Å². The second-order valence-electron chi connectivity index (χ2n) is 6.30. The van der Waals surface area contributed by atoms with E-state index < -0.39 is 11.9 Å². The number of carbonyl (C=O) groups excluding carboxylic acids is 3. The van der Waals surface area contributed by atoms with Gasteiger partial charge in [0.15, 0.2) is 0 Å². The number of aryl methyl sites for hydroxylation is 1. The molecule has 0 bridgehead atoms. The third kappa shape index (κ3) is 7.34. The number of imide groups is 1. The van der Waals surface area contributed by atoms with Gasteiger partial charge in [-0.2, -0.15) is 0 Å². The summed E-state index contributed by atoms with van der Waals surface area (Å²) in [4.78, 5) is 37.1. The topological polar surface area (TPSA) is 90.5 Å². The van der Waals surface area contributed by atoms with E-state index >= 15 is 0 Å². The van der Waals surface area contributed by atoms with Gasteiger partial charge in [0.05, 0.1) is 13.1 Å². The number of nitrogens with zero attached hydrogens (tertiary/aromatic N) is 1. The van der Waals surface area contributed by atoms with Crippen LogP contribution in [-0.2, 0) is 9.59 Å². The van der Waals surface area contributed by atoms with Crippen LogP contribution in [0.5, 0.6) is 0 Å². The van der Waals surface area contributed by atoms with Crippen LogP contribution in [0.3, 0.4) is 0 Å². The zero-order valence-corrected chi connectivity index (χ0v) is 15.6. The fraction of sp³-hybridized carbons (Fsp3) is 0.500. The van der Waals surface area contributed by atoms with Gasteiger partial charge in [0.25, 0.3) is 0 Å². The molecule has 0 aliphatic rings. The molecule has 4 amide bonds. The highest BCUT2D eigenvalue weighted by Gasteiger charge is 2.14. The van der Waals surface area contributed by atoms with Crippen molar-refractivity contribution >= 4 is 23.5 Å². The monoisotopic (exact) mass is 348 g/mol. The maximum absolute atomic E-state index is 12.1. The Balaban J connectivity index is 2.43. The lowest BCUT2D eigenvalue weighted by molar-refractivity contribution is -0.122. The summed E-state index contributed by atoms with van der Waals surface area (Å²) in [5.41, 5.74) is 2.87. The van der Waals surface area contributed by atoms with E-state index in [2.05, 4.69) is 16.0 Å². The number of rotatable bonds is 7. The Labute approximate surface area is 149 Å². The summed E-state index contributed by atoms with van der Waals surface area (Å²) in [7, 11) is 1.65. The van der Waals surface area contributed by atoms with Crippen LogP contribution in [0.4, 0.5) is 10.5 Å². The molecular weight excluding hydrogens is 320 g/mol. The quantitative estimate of drug-likeness (QED) is 0.701. The van der Waals surface area contributed by atoms with E-state index in [0.717, 1.165) is 23.2 Å². The molecule has 3 N–H and O–H groups in total. The number of nitrogens with one attached hydrogen (secondary N) is 3. The Morgan fingerprint density at radius 1 is 1.12 bits per heavy atom. The summed E-state index contributed by atoms with van der Waals surface area (Å²) in [5, 5.41) is 7.74. The molecule has 138 valence electrons. The number of carbonyl (C=O) groups is 3. The summed E-state index contributed by atoms with van der Waals surface area (Å²) in [6.45, 7) is 7.72. The summed E-state index contributed by atoms with van der Waals surface area (Å²) in [6, 6.07) is 5.17. The van der Waals surface area contributed by atoms with Gasteiger partial charge in [-0.05, 0) is 51.4 Å². The molecule has 0 saturated carbocycles. The number of hydrogen-bond acceptors (Lipinski definition) is 4. The van der Waals surface area contributed by atoms with Crippen LogP contribution in [0.15, 0.2) is 18.2 Å². The van der Waals surface area contributed by atoms with Crippen molar-refractivity contribution in [2.24, 2.45) is 0 Å². The Morgan fingerprint density at radius 2 is 1.76 bits per heavy atom. The number of hydrogen-bond donors (Lipinski definition) is 3. The Kier molecular flexibility index (Phi) is 8.07. The molecule has 0 unspecified atom stereocenters. The standard InChI is InChI=1S/C18H28N4O3/c1-6-13(3)19-18(25)21-17(24)11-22(5)10-16(23)20-15-9-7-8-12(2)14(15)4/h7-9,13H,6,10-11H2,1-5H3,(H,20,23)(H2,19,21,24,25)/t13-/m1/s1. The largest absolute Gasteiger partial charge is 0.335 e. The molecule has 0 radical (unpaired) electrons. The van der Waals surface area contributed by atoms with Gasteiger partial charge in [-0.25, -0.2) is 4.79 Å². The highest BCUT2D eigenvalue weighted by atomic mass is 16.2. The molecule has 7 heteroatoms. The van der Waals surface area contributed by atoms with Gasteiger partial charge in [0.2, 0.25) is 11.8 Å². The molecule has 0 aliphatic heterocycles. The molecular formula is C18H28N4O3. The number of benzene rings is 1. The van der Waals surface area contributed by atoms with E-state index in [-0.39, 0.29) is 25.0 Å². The first kappa shape index (κ1) is 20.6. The molecule has 0 aromatic heterocycles. The van der Waals surface area contributed by atoms with Crippen LogP contribution in [-0.4, -0.2) is 48.9 Å². The van der Waals surface area contributed by atoms with Gasteiger partial charge >= 0.3 is 6.03 Å². The van der Waals surface area contributed by atoms with Crippen molar-refractivity contribution < 1.29 is 14.4 Å². The normalized spacial score (nSPS) is 11.8. The Morgan fingerprint density at radius 3 is 2.40 bits per heavy atom. The maximum Gasteiger partial charge on any atom is 0.321 e. The smallest absolute Gasteiger partial charge is 0.321 e. The van der Waals surface area contributed by atoms with Crippen molar-refractivity contribution in [2.45, 2.75) is 40.2 Å². The van der Waals surface area contributed by atoms with E-state index in [1.165, 1.54) is 0 Å². The second kappa shape index (κ2) is 9.78. The molecule has 25 heavy (non-hydrogen) atoms. The zero-order valence-electron chi connectivity index (χ0n) is 15.6. The Bertz CT molecular complexity index is 631. The van der Waals surface area contributed by atoms with Gasteiger partial charge in [-0.15, -0.1) is 0 Å². The first-order valence-corrected chi connectivity index (χ1v) is 8.37. The minimum atomic E-state index is -0.521. The highest BCUT2D eigenvalue weighted by Crippen LogP contribution is 2.17. The second-order valence-corrected chi connectivity index (χ2v) is 6.30. The lowest BCUT2D eigenvalue weighted by atomic mass is 10.1. The molecule has 1 aromatic rings. The SMILES string of the molecule is CC[C@@H](C)NC(=O)NC(=O)CN(C)CC(=O)Nc1cccc(C)c1C. The number of urea groups is 1. The molecule has 0 heterocycles. The lowest BCUT2D eigenvalue weighted by Crippen LogP contribution is -2.47. The summed E-state index contributed by atoms with van der Waals surface area (Å²) >= 11 is 0. The van der Waals surface area contributed by atoms with Crippen molar-refractivity contribution in [3.8, 4) is 0 Å². The van der Waals surface area contributed by atoms with Crippen LogP contribution in [0, 0.1) is 13.8 Å². The fourth-order valence-electron chi connectivity index (χ4n) is 2.15. The molecule has 7 nitrogen and oxygen atoms in total. The van der Waals surface area contributed by atoms with E-state index in [4.69, 9.17) is 0 Å². The van der Waals surface area contributed by atoms with Crippen LogP contribution in [0.2, 0.25) is 0 Å². The minimum Gasteiger partial charge on any atom is -0.335 e. The van der Waals surface area contributed by atoms with Crippen LogP contribution in [0.1, 0.15) is 31.4 Å². The first-order valence-electron chi connectivity index (χ1n) is 8.37. The van der Waals surface area contributed by atoms with Gasteiger partial charge in [-0.1, -0.05) is 19.1 Å². The summed E-state index contributed by atoms with van der Waals surface area (Å²) in [6.07, 6.45) is 0.778. The van der Waals surface area contributed by atoms with Gasteiger partial charge < -0.3 is 10.6 Å². The maximum atomic E-state index is 12.1. The lowest BCUT2D eigenvalue weighted by Gasteiger charge is -2.17. The van der Waals surface area contributed by atoms with E-state index in [1.807, 2.05) is 45.9 Å². The summed E-state index contributed by atoms with van der Waals surface area (Å²) in [5.74, 6) is -0.670. The van der Waals surface area contributed by atoms with Gasteiger partial charge in [0, 0.05) is 11.7 Å². The zero-order chi connectivity index (χ0) is 19.0. The van der Waals surface area contributed by atoms with E-state index in [9.17, 15) is 14.4 Å². The molecule has 1 aromatic carbocycles. The van der Waals surface area contributed by atoms with Crippen molar-refractivity contribution in [3.63, 3.8) is 0 Å². The highest BCUT2D eigenvalue weighted by molar-refractivity contribution is 5.96.